The molecule has 0 aliphatic carbocycles. The van der Waals surface area contributed by atoms with E-state index in [4.69, 9.17) is 4.74 Å². The Morgan fingerprint density at radius 3 is 2.74 bits per heavy atom. The summed E-state index contributed by atoms with van der Waals surface area (Å²) in [6.45, 7) is 4.52. The quantitative estimate of drug-likeness (QED) is 0.343. The van der Waals surface area contributed by atoms with Crippen LogP contribution in [-0.2, 0) is 4.74 Å². The highest BCUT2D eigenvalue weighted by Gasteiger charge is 2.16. The zero-order valence-electron chi connectivity index (χ0n) is 10.9. The predicted octanol–water partition coefficient (Wildman–Crippen LogP) is 3.95. The lowest BCUT2D eigenvalue weighted by Gasteiger charge is -2.07. The zero-order valence-corrected chi connectivity index (χ0v) is 12.5. The number of benzene rings is 1. The molecule has 0 N–H and O–H groups in total. The smallest absolute Gasteiger partial charge is 0.339 e. The van der Waals surface area contributed by atoms with E-state index < -0.39 is 10.9 Å². The molecule has 0 aliphatic heterocycles. The standard InChI is InChI=1S/C13H16BrNO4/c1-9(2)4-3-7-19-13(16)11-8-10(15(17)18)5-6-12(11)14/h5-6,8-9H,3-4,7H2,1-2H3. The van der Waals surface area contributed by atoms with Gasteiger partial charge >= 0.3 is 5.97 Å². The summed E-state index contributed by atoms with van der Waals surface area (Å²) in [5, 5.41) is 10.7. The summed E-state index contributed by atoms with van der Waals surface area (Å²) in [4.78, 5) is 21.9. The Kier molecular flexibility index (Phi) is 5.95. The highest BCUT2D eigenvalue weighted by Crippen LogP contribution is 2.23. The Morgan fingerprint density at radius 2 is 2.16 bits per heavy atom. The van der Waals surface area contributed by atoms with Crippen molar-refractivity contribution in [3.05, 3.63) is 38.3 Å². The summed E-state index contributed by atoms with van der Waals surface area (Å²) in [5.41, 5.74) is 0.0519. The molecule has 0 aliphatic rings. The van der Waals surface area contributed by atoms with Crippen LogP contribution >= 0.6 is 15.9 Å². The number of non-ortho nitro benzene ring substituents is 1. The van der Waals surface area contributed by atoms with Crippen molar-refractivity contribution in [2.24, 2.45) is 5.92 Å². The number of hydrogen-bond donors (Lipinski definition) is 0. The molecule has 0 unspecified atom stereocenters. The minimum absolute atomic E-state index is 0.127. The van der Waals surface area contributed by atoms with Crippen LogP contribution in [0.5, 0.6) is 0 Å². The van der Waals surface area contributed by atoms with E-state index in [-0.39, 0.29) is 11.3 Å². The molecule has 1 aromatic carbocycles. The zero-order chi connectivity index (χ0) is 14.4. The van der Waals surface area contributed by atoms with Crippen LogP contribution in [0, 0.1) is 16.0 Å². The SMILES string of the molecule is CC(C)CCCOC(=O)c1cc([N+](=O)[O-])ccc1Br. The number of ether oxygens (including phenoxy) is 1. The topological polar surface area (TPSA) is 69.4 Å². The lowest BCUT2D eigenvalue weighted by atomic mass is 10.1. The van der Waals surface area contributed by atoms with Gasteiger partial charge in [0.2, 0.25) is 0 Å². The van der Waals surface area contributed by atoms with Crippen LogP contribution in [0.2, 0.25) is 0 Å². The number of hydrogen-bond acceptors (Lipinski definition) is 4. The first-order chi connectivity index (χ1) is 8.91. The summed E-state index contributed by atoms with van der Waals surface area (Å²) in [6, 6.07) is 4.03. The molecule has 19 heavy (non-hydrogen) atoms. The first-order valence-electron chi connectivity index (χ1n) is 6.03. The summed E-state index contributed by atoms with van der Waals surface area (Å²) < 4.78 is 5.60. The molecular formula is C13H16BrNO4. The maximum absolute atomic E-state index is 11.8. The van der Waals surface area contributed by atoms with E-state index >= 15 is 0 Å². The molecule has 104 valence electrons. The van der Waals surface area contributed by atoms with Crippen LogP contribution in [0.15, 0.2) is 22.7 Å². The van der Waals surface area contributed by atoms with Crippen molar-refractivity contribution in [3.8, 4) is 0 Å². The van der Waals surface area contributed by atoms with Crippen molar-refractivity contribution in [1.82, 2.24) is 0 Å². The second-order valence-electron chi connectivity index (χ2n) is 4.59. The van der Waals surface area contributed by atoms with Gasteiger partial charge in [-0.3, -0.25) is 10.1 Å². The second kappa shape index (κ2) is 7.23. The van der Waals surface area contributed by atoms with Crippen LogP contribution in [-0.4, -0.2) is 17.5 Å². The average molecular weight is 330 g/mol. The minimum atomic E-state index is -0.542. The maximum Gasteiger partial charge on any atom is 0.339 e. The molecule has 5 nitrogen and oxygen atoms in total. The Hall–Kier alpha value is -1.43. The minimum Gasteiger partial charge on any atom is -0.462 e. The van der Waals surface area contributed by atoms with Gasteiger partial charge in [-0.2, -0.15) is 0 Å². The lowest BCUT2D eigenvalue weighted by Crippen LogP contribution is -2.08. The van der Waals surface area contributed by atoms with E-state index in [1.165, 1.54) is 18.2 Å². The van der Waals surface area contributed by atoms with E-state index in [0.717, 1.165) is 12.8 Å². The number of halogens is 1. The number of nitro benzene ring substituents is 1. The van der Waals surface area contributed by atoms with Gasteiger partial charge in [0, 0.05) is 16.6 Å². The van der Waals surface area contributed by atoms with Gasteiger partial charge in [0.15, 0.2) is 0 Å². The van der Waals surface area contributed by atoms with Crippen LogP contribution < -0.4 is 0 Å². The predicted molar refractivity (Wildman–Crippen MR) is 75.2 cm³/mol. The Balaban J connectivity index is 2.66. The molecule has 0 fully saturated rings. The van der Waals surface area contributed by atoms with Crippen LogP contribution in [0.1, 0.15) is 37.0 Å². The molecule has 6 heteroatoms. The monoisotopic (exact) mass is 329 g/mol. The number of esters is 1. The Morgan fingerprint density at radius 1 is 1.47 bits per heavy atom. The molecule has 0 bridgehead atoms. The number of nitrogens with zero attached hydrogens (tertiary/aromatic N) is 1. The molecule has 0 atom stereocenters. The summed E-state index contributed by atoms with van der Waals surface area (Å²) >= 11 is 3.19. The largest absolute Gasteiger partial charge is 0.462 e. The number of carbonyl (C=O) groups is 1. The van der Waals surface area contributed by atoms with Gasteiger partial charge < -0.3 is 4.74 Å². The fraction of sp³-hybridized carbons (Fsp3) is 0.462. The molecule has 0 amide bonds. The van der Waals surface area contributed by atoms with Gasteiger partial charge in [-0.1, -0.05) is 13.8 Å². The molecule has 1 rings (SSSR count). The number of carbonyl (C=O) groups excluding carboxylic acids is 1. The summed E-state index contributed by atoms with van der Waals surface area (Å²) in [7, 11) is 0. The fourth-order valence-corrected chi connectivity index (χ4v) is 1.93. The molecule has 0 spiro atoms. The first kappa shape index (κ1) is 15.6. The Bertz CT molecular complexity index is 474. The summed E-state index contributed by atoms with van der Waals surface area (Å²) in [6.07, 6.45) is 1.76. The van der Waals surface area contributed by atoms with Crippen LogP contribution in [0.4, 0.5) is 5.69 Å². The summed E-state index contributed by atoms with van der Waals surface area (Å²) in [5.74, 6) is 0.0163. The maximum atomic E-state index is 11.8. The number of nitro groups is 1. The van der Waals surface area contributed by atoms with Gasteiger partial charge in [-0.05, 0) is 40.8 Å². The third-order valence-corrected chi connectivity index (χ3v) is 3.23. The molecule has 0 aromatic heterocycles. The van der Waals surface area contributed by atoms with Crippen molar-refractivity contribution in [2.75, 3.05) is 6.61 Å². The van der Waals surface area contributed by atoms with Gasteiger partial charge in [0.1, 0.15) is 0 Å². The number of rotatable bonds is 6. The van der Waals surface area contributed by atoms with Crippen molar-refractivity contribution >= 4 is 27.6 Å². The highest BCUT2D eigenvalue weighted by molar-refractivity contribution is 9.10. The second-order valence-corrected chi connectivity index (χ2v) is 5.45. The fourth-order valence-electron chi connectivity index (χ4n) is 1.52. The van der Waals surface area contributed by atoms with E-state index in [1.54, 1.807) is 0 Å². The molecule has 0 saturated heterocycles. The highest BCUT2D eigenvalue weighted by atomic mass is 79.9. The van der Waals surface area contributed by atoms with Gasteiger partial charge in [-0.15, -0.1) is 0 Å². The van der Waals surface area contributed by atoms with Gasteiger partial charge in [-0.25, -0.2) is 4.79 Å². The molecule has 0 heterocycles. The van der Waals surface area contributed by atoms with Crippen LogP contribution in [0.25, 0.3) is 0 Å². The molecular weight excluding hydrogens is 314 g/mol. The lowest BCUT2D eigenvalue weighted by molar-refractivity contribution is -0.384. The molecule has 1 aromatic rings. The van der Waals surface area contributed by atoms with E-state index in [2.05, 4.69) is 29.8 Å². The van der Waals surface area contributed by atoms with E-state index in [0.29, 0.717) is 17.0 Å². The van der Waals surface area contributed by atoms with E-state index in [9.17, 15) is 14.9 Å². The van der Waals surface area contributed by atoms with Crippen molar-refractivity contribution in [2.45, 2.75) is 26.7 Å². The Labute approximate surface area is 120 Å². The third-order valence-electron chi connectivity index (χ3n) is 2.54. The third kappa shape index (κ3) is 4.98. The first-order valence-corrected chi connectivity index (χ1v) is 6.82. The molecule has 0 saturated carbocycles. The normalized spacial score (nSPS) is 10.5. The molecule has 0 radical (unpaired) electrons. The average Bonchev–Trinajstić information content (AvgIpc) is 2.34. The van der Waals surface area contributed by atoms with Gasteiger partial charge in [0.25, 0.3) is 5.69 Å². The van der Waals surface area contributed by atoms with E-state index in [1.807, 2.05) is 0 Å². The van der Waals surface area contributed by atoms with Crippen molar-refractivity contribution in [3.63, 3.8) is 0 Å². The van der Waals surface area contributed by atoms with Crippen LogP contribution in [0.3, 0.4) is 0 Å². The van der Waals surface area contributed by atoms with Crippen molar-refractivity contribution < 1.29 is 14.5 Å². The van der Waals surface area contributed by atoms with Crippen molar-refractivity contribution in [1.29, 1.82) is 0 Å². The van der Waals surface area contributed by atoms with Gasteiger partial charge in [0.05, 0.1) is 17.1 Å².